The average molecular weight is 336 g/mol. The van der Waals surface area contributed by atoms with Crippen molar-refractivity contribution in [2.75, 3.05) is 0 Å². The minimum absolute atomic E-state index is 0.291. The Kier molecular flexibility index (Phi) is 5.64. The molecule has 1 saturated carbocycles. The molecule has 0 bridgehead atoms. The number of hydrogen-bond donors (Lipinski definition) is 1. The maximum Gasteiger partial charge on any atom is 0.0102 e. The van der Waals surface area contributed by atoms with Gasteiger partial charge >= 0.3 is 0 Å². The molecule has 1 fully saturated rings. The fourth-order valence-corrected chi connectivity index (χ4v) is 4.51. The third-order valence-corrected chi connectivity index (χ3v) is 6.17. The largest absolute Gasteiger partial charge is 0.327 e. The average Bonchev–Trinajstić information content (AvgIpc) is 2.59. The Bertz CT molecular complexity index is 589. The molecule has 0 aliphatic heterocycles. The summed E-state index contributed by atoms with van der Waals surface area (Å²) in [6.07, 6.45) is 4.73. The van der Waals surface area contributed by atoms with E-state index in [0.717, 1.165) is 18.8 Å². The first kappa shape index (κ1) is 18.2. The third-order valence-electron chi connectivity index (χ3n) is 6.17. The van der Waals surface area contributed by atoms with Crippen LogP contribution in [0.1, 0.15) is 44.7 Å². The van der Waals surface area contributed by atoms with Gasteiger partial charge in [0, 0.05) is 6.04 Å². The lowest BCUT2D eigenvalue weighted by Crippen LogP contribution is -2.47. The highest BCUT2D eigenvalue weighted by atomic mass is 14.7. The molecular formula is C24H33N. The fraction of sp³-hybridized carbons (Fsp3) is 0.500. The van der Waals surface area contributed by atoms with Crippen LogP contribution >= 0.6 is 0 Å². The van der Waals surface area contributed by atoms with Gasteiger partial charge in [-0.25, -0.2) is 0 Å². The summed E-state index contributed by atoms with van der Waals surface area (Å²) in [7, 11) is 0. The lowest BCUT2D eigenvalue weighted by molar-refractivity contribution is 0.0827. The van der Waals surface area contributed by atoms with Crippen molar-refractivity contribution in [3.05, 3.63) is 71.8 Å². The van der Waals surface area contributed by atoms with Crippen molar-refractivity contribution in [2.24, 2.45) is 28.9 Å². The Labute approximate surface area is 153 Å². The summed E-state index contributed by atoms with van der Waals surface area (Å²) in [5, 5.41) is 0. The Hall–Kier alpha value is -1.60. The number of benzene rings is 2. The first-order valence-corrected chi connectivity index (χ1v) is 9.77. The number of hydrogen-bond acceptors (Lipinski definition) is 1. The van der Waals surface area contributed by atoms with E-state index in [1.807, 2.05) is 0 Å². The maximum absolute atomic E-state index is 6.82. The molecule has 1 heteroatoms. The molecule has 0 radical (unpaired) electrons. The molecule has 0 saturated heterocycles. The van der Waals surface area contributed by atoms with E-state index < -0.39 is 0 Å². The Morgan fingerprint density at radius 2 is 1.16 bits per heavy atom. The zero-order valence-corrected chi connectivity index (χ0v) is 16.0. The molecule has 1 nitrogen and oxygen atoms in total. The predicted octanol–water partition coefficient (Wildman–Crippen LogP) is 5.49. The molecular weight excluding hydrogens is 302 g/mol. The molecule has 2 aromatic rings. The topological polar surface area (TPSA) is 26.0 Å². The lowest BCUT2D eigenvalue weighted by atomic mass is 9.62. The van der Waals surface area contributed by atoms with Crippen molar-refractivity contribution in [1.82, 2.24) is 0 Å². The molecule has 1 aliphatic rings. The zero-order valence-electron chi connectivity index (χ0n) is 16.0. The minimum atomic E-state index is 0.291. The molecule has 25 heavy (non-hydrogen) atoms. The van der Waals surface area contributed by atoms with E-state index in [0.29, 0.717) is 23.3 Å². The molecule has 2 atom stereocenters. The predicted molar refractivity (Wildman–Crippen MR) is 107 cm³/mol. The van der Waals surface area contributed by atoms with E-state index in [2.05, 4.69) is 81.4 Å². The van der Waals surface area contributed by atoms with Crippen molar-refractivity contribution in [3.8, 4) is 0 Å². The normalized spacial score (nSPS) is 27.2. The summed E-state index contributed by atoms with van der Waals surface area (Å²) in [5.41, 5.74) is 10.0. The second-order valence-electron chi connectivity index (χ2n) is 9.01. The van der Waals surface area contributed by atoms with Crippen molar-refractivity contribution in [1.29, 1.82) is 0 Å². The van der Waals surface area contributed by atoms with Crippen LogP contribution < -0.4 is 5.73 Å². The van der Waals surface area contributed by atoms with Crippen LogP contribution in [-0.4, -0.2) is 6.04 Å². The molecule has 1 aliphatic carbocycles. The van der Waals surface area contributed by atoms with Crippen LogP contribution in [0.4, 0.5) is 0 Å². The molecule has 134 valence electrons. The van der Waals surface area contributed by atoms with Crippen molar-refractivity contribution in [3.63, 3.8) is 0 Å². The van der Waals surface area contributed by atoms with E-state index in [-0.39, 0.29) is 0 Å². The van der Waals surface area contributed by atoms with Gasteiger partial charge in [0.25, 0.3) is 0 Å². The summed E-state index contributed by atoms with van der Waals surface area (Å²) in [6.45, 7) is 7.19. The van der Waals surface area contributed by atoms with Crippen molar-refractivity contribution >= 4 is 0 Å². The quantitative estimate of drug-likeness (QED) is 0.786. The van der Waals surface area contributed by atoms with Gasteiger partial charge in [-0.3, -0.25) is 0 Å². The third kappa shape index (κ3) is 4.73. The fourth-order valence-electron chi connectivity index (χ4n) is 4.51. The van der Waals surface area contributed by atoms with E-state index in [1.54, 1.807) is 0 Å². The standard InChI is InChI=1S/C24H33N/c1-24(2,3)22-16-20(14-18-10-6-4-7-11-18)23(25)21(17-22)15-19-12-8-5-9-13-19/h4-13,20-23H,14-17,25H2,1-3H3. The molecule has 2 unspecified atom stereocenters. The van der Waals surface area contributed by atoms with Crippen LogP contribution in [0.5, 0.6) is 0 Å². The molecule has 0 heterocycles. The summed E-state index contributed by atoms with van der Waals surface area (Å²) in [5.74, 6) is 1.90. The highest BCUT2D eigenvalue weighted by Gasteiger charge is 2.39. The Balaban J connectivity index is 1.79. The van der Waals surface area contributed by atoms with Gasteiger partial charge in [0.05, 0.1) is 0 Å². The second kappa shape index (κ2) is 7.74. The van der Waals surface area contributed by atoms with Crippen LogP contribution in [0.3, 0.4) is 0 Å². The van der Waals surface area contributed by atoms with Crippen LogP contribution in [0.25, 0.3) is 0 Å². The molecule has 0 aromatic heterocycles. The van der Waals surface area contributed by atoms with Gasteiger partial charge in [-0.2, -0.15) is 0 Å². The molecule has 0 spiro atoms. The van der Waals surface area contributed by atoms with Gasteiger partial charge in [0.15, 0.2) is 0 Å². The molecule has 0 amide bonds. The molecule has 2 aromatic carbocycles. The Morgan fingerprint density at radius 3 is 1.52 bits per heavy atom. The first-order chi connectivity index (χ1) is 11.9. The van der Waals surface area contributed by atoms with Gasteiger partial charge < -0.3 is 5.73 Å². The van der Waals surface area contributed by atoms with Crippen molar-refractivity contribution in [2.45, 2.75) is 52.5 Å². The highest BCUT2D eigenvalue weighted by Crippen LogP contribution is 2.44. The number of nitrogens with two attached hydrogens (primary N) is 1. The van der Waals surface area contributed by atoms with Crippen LogP contribution in [0, 0.1) is 23.2 Å². The molecule has 3 rings (SSSR count). The van der Waals surface area contributed by atoms with Crippen LogP contribution in [-0.2, 0) is 12.8 Å². The minimum Gasteiger partial charge on any atom is -0.327 e. The summed E-state index contributed by atoms with van der Waals surface area (Å²) >= 11 is 0. The Morgan fingerprint density at radius 1 is 0.760 bits per heavy atom. The van der Waals surface area contributed by atoms with E-state index in [1.165, 1.54) is 24.0 Å². The zero-order chi connectivity index (χ0) is 17.9. The maximum atomic E-state index is 6.82. The van der Waals surface area contributed by atoms with Gasteiger partial charge in [-0.1, -0.05) is 81.4 Å². The second-order valence-corrected chi connectivity index (χ2v) is 9.01. The van der Waals surface area contributed by atoms with Gasteiger partial charge in [-0.05, 0) is 60.0 Å². The number of rotatable bonds is 4. The van der Waals surface area contributed by atoms with Crippen molar-refractivity contribution < 1.29 is 0 Å². The first-order valence-electron chi connectivity index (χ1n) is 9.77. The van der Waals surface area contributed by atoms with Gasteiger partial charge in [-0.15, -0.1) is 0 Å². The van der Waals surface area contributed by atoms with E-state index >= 15 is 0 Å². The SMILES string of the molecule is CC(C)(C)C1CC(Cc2ccccc2)C(N)C(Cc2ccccc2)C1. The van der Waals surface area contributed by atoms with Gasteiger partial charge in [0.1, 0.15) is 0 Å². The smallest absolute Gasteiger partial charge is 0.0102 e. The lowest BCUT2D eigenvalue weighted by Gasteiger charge is -2.45. The summed E-state index contributed by atoms with van der Waals surface area (Å²) in [4.78, 5) is 0. The highest BCUT2D eigenvalue weighted by molar-refractivity contribution is 5.18. The van der Waals surface area contributed by atoms with Crippen LogP contribution in [0.2, 0.25) is 0 Å². The molecule has 2 N–H and O–H groups in total. The summed E-state index contributed by atoms with van der Waals surface area (Å²) < 4.78 is 0. The van der Waals surface area contributed by atoms with E-state index in [4.69, 9.17) is 5.73 Å². The monoisotopic (exact) mass is 335 g/mol. The van der Waals surface area contributed by atoms with Crippen LogP contribution in [0.15, 0.2) is 60.7 Å². The van der Waals surface area contributed by atoms with Gasteiger partial charge in [0.2, 0.25) is 0 Å². The summed E-state index contributed by atoms with van der Waals surface area (Å²) in [6, 6.07) is 22.1. The van der Waals surface area contributed by atoms with E-state index in [9.17, 15) is 0 Å².